The first-order valence-corrected chi connectivity index (χ1v) is 10.9. The minimum absolute atomic E-state index is 0.193. The first-order valence-electron chi connectivity index (χ1n) is 10.9. The molecule has 9 heteroatoms. The molecule has 1 aliphatic heterocycles. The number of tetrazole rings is 1. The van der Waals surface area contributed by atoms with E-state index in [-0.39, 0.29) is 11.9 Å². The van der Waals surface area contributed by atoms with Crippen LogP contribution in [0, 0.1) is 5.82 Å². The number of para-hydroxylation sites is 1. The summed E-state index contributed by atoms with van der Waals surface area (Å²) in [7, 11) is 1.67. The Labute approximate surface area is 191 Å². The second-order valence-electron chi connectivity index (χ2n) is 7.92. The number of anilines is 1. The predicted octanol–water partition coefficient (Wildman–Crippen LogP) is 3.37. The molecule has 1 aliphatic rings. The highest BCUT2D eigenvalue weighted by Crippen LogP contribution is 2.34. The summed E-state index contributed by atoms with van der Waals surface area (Å²) in [6, 6.07) is 18.2. The first kappa shape index (κ1) is 21.1. The number of piperazine rings is 1. The van der Waals surface area contributed by atoms with Crippen LogP contribution < -0.4 is 9.64 Å². The van der Waals surface area contributed by atoms with Crippen LogP contribution in [0.4, 0.5) is 10.1 Å². The van der Waals surface area contributed by atoms with E-state index in [1.165, 1.54) is 12.1 Å². The molecule has 1 fully saturated rings. The molecule has 0 radical (unpaired) electrons. The van der Waals surface area contributed by atoms with Gasteiger partial charge in [0, 0.05) is 37.4 Å². The van der Waals surface area contributed by atoms with Gasteiger partial charge in [-0.05, 0) is 52.9 Å². The largest absolute Gasteiger partial charge is 0.496 e. The molecule has 1 saturated heterocycles. The van der Waals surface area contributed by atoms with Crippen molar-refractivity contribution in [1.29, 1.82) is 0 Å². The van der Waals surface area contributed by atoms with Crippen LogP contribution in [-0.2, 0) is 6.54 Å². The molecule has 5 rings (SSSR count). The number of halogens is 1. The average molecular weight is 449 g/mol. The number of hydrogen-bond acceptors (Lipinski definition) is 7. The van der Waals surface area contributed by atoms with Gasteiger partial charge in [-0.15, -0.1) is 5.10 Å². The number of rotatable bonds is 7. The van der Waals surface area contributed by atoms with Crippen molar-refractivity contribution < 1.29 is 13.5 Å². The molecule has 0 saturated carbocycles. The summed E-state index contributed by atoms with van der Waals surface area (Å²) < 4.78 is 26.3. The quantitative estimate of drug-likeness (QED) is 0.429. The van der Waals surface area contributed by atoms with Gasteiger partial charge in [0.05, 0.1) is 13.4 Å². The van der Waals surface area contributed by atoms with Gasteiger partial charge in [-0.1, -0.05) is 18.2 Å². The minimum atomic E-state index is -0.225. The van der Waals surface area contributed by atoms with Crippen molar-refractivity contribution in [2.75, 3.05) is 38.2 Å². The standard InChI is InChI=1S/C24H25FN6O2/c1-32-22-7-3-2-6-21(22)23(24-26-27-28-31(24)17-20-5-4-16-33-20)30-14-12-29(13-15-30)19-10-8-18(25)9-11-19/h2-11,16,23H,12-15,17H2,1H3/t23-/m0/s1. The van der Waals surface area contributed by atoms with Gasteiger partial charge in [0.2, 0.25) is 0 Å². The zero-order chi connectivity index (χ0) is 22.6. The summed E-state index contributed by atoms with van der Waals surface area (Å²) in [5.41, 5.74) is 2.03. The van der Waals surface area contributed by atoms with E-state index in [0.29, 0.717) is 6.54 Å². The molecule has 0 aliphatic carbocycles. The molecule has 0 amide bonds. The number of nitrogens with zero attached hydrogens (tertiary/aromatic N) is 6. The molecule has 2 aromatic carbocycles. The van der Waals surface area contributed by atoms with Gasteiger partial charge in [0.15, 0.2) is 5.82 Å². The van der Waals surface area contributed by atoms with E-state index in [2.05, 4.69) is 31.4 Å². The highest BCUT2D eigenvalue weighted by molar-refractivity contribution is 5.47. The fourth-order valence-corrected chi connectivity index (χ4v) is 4.35. The van der Waals surface area contributed by atoms with Crippen LogP contribution in [0.1, 0.15) is 23.2 Å². The Hall–Kier alpha value is -3.72. The lowest BCUT2D eigenvalue weighted by atomic mass is 10.0. The van der Waals surface area contributed by atoms with E-state index >= 15 is 0 Å². The SMILES string of the molecule is COc1ccccc1[C@@H](c1nnnn1Cc1ccco1)N1CCN(c2ccc(F)cc2)CC1. The van der Waals surface area contributed by atoms with Crippen molar-refractivity contribution in [2.24, 2.45) is 0 Å². The highest BCUT2D eigenvalue weighted by atomic mass is 19.1. The van der Waals surface area contributed by atoms with E-state index in [0.717, 1.165) is 54.8 Å². The Morgan fingerprint density at radius 2 is 1.79 bits per heavy atom. The van der Waals surface area contributed by atoms with Crippen molar-refractivity contribution in [3.05, 3.63) is 89.9 Å². The van der Waals surface area contributed by atoms with Crippen molar-refractivity contribution in [3.8, 4) is 5.75 Å². The van der Waals surface area contributed by atoms with E-state index < -0.39 is 0 Å². The molecule has 8 nitrogen and oxygen atoms in total. The van der Waals surface area contributed by atoms with Crippen molar-refractivity contribution in [2.45, 2.75) is 12.6 Å². The summed E-state index contributed by atoms with van der Waals surface area (Å²) >= 11 is 0. The predicted molar refractivity (Wildman–Crippen MR) is 121 cm³/mol. The third-order valence-corrected chi connectivity index (χ3v) is 5.99. The van der Waals surface area contributed by atoms with Gasteiger partial charge in [-0.25, -0.2) is 9.07 Å². The number of methoxy groups -OCH3 is 1. The summed E-state index contributed by atoms with van der Waals surface area (Å²) in [6.45, 7) is 3.62. The van der Waals surface area contributed by atoms with Crippen LogP contribution in [0.2, 0.25) is 0 Å². The van der Waals surface area contributed by atoms with Crippen LogP contribution in [0.3, 0.4) is 0 Å². The average Bonchev–Trinajstić information content (AvgIpc) is 3.54. The molecular formula is C24H25FN6O2. The lowest BCUT2D eigenvalue weighted by molar-refractivity contribution is 0.197. The zero-order valence-electron chi connectivity index (χ0n) is 18.3. The lowest BCUT2D eigenvalue weighted by Crippen LogP contribution is -2.48. The summed E-state index contributed by atoms with van der Waals surface area (Å²) in [5.74, 6) is 2.07. The maximum absolute atomic E-state index is 13.3. The molecular weight excluding hydrogens is 423 g/mol. The highest BCUT2D eigenvalue weighted by Gasteiger charge is 2.32. The molecule has 4 aromatic rings. The first-order chi connectivity index (χ1) is 16.2. The van der Waals surface area contributed by atoms with Crippen LogP contribution >= 0.6 is 0 Å². The van der Waals surface area contributed by atoms with Gasteiger partial charge in [-0.2, -0.15) is 0 Å². The normalized spacial score (nSPS) is 15.5. The minimum Gasteiger partial charge on any atom is -0.496 e. The van der Waals surface area contributed by atoms with Gasteiger partial charge in [-0.3, -0.25) is 4.90 Å². The summed E-state index contributed by atoms with van der Waals surface area (Å²) in [6.07, 6.45) is 1.64. The van der Waals surface area contributed by atoms with Crippen molar-refractivity contribution in [3.63, 3.8) is 0 Å². The molecule has 1 atom stereocenters. The fourth-order valence-electron chi connectivity index (χ4n) is 4.35. The zero-order valence-corrected chi connectivity index (χ0v) is 18.3. The molecule has 2 aromatic heterocycles. The number of furan rings is 1. The van der Waals surface area contributed by atoms with Crippen molar-refractivity contribution >= 4 is 5.69 Å². The number of ether oxygens (including phenoxy) is 1. The van der Waals surface area contributed by atoms with Crippen LogP contribution in [0.25, 0.3) is 0 Å². The molecule has 3 heterocycles. The van der Waals surface area contributed by atoms with Crippen LogP contribution in [0.15, 0.2) is 71.3 Å². The Morgan fingerprint density at radius 3 is 2.52 bits per heavy atom. The molecule has 170 valence electrons. The second-order valence-corrected chi connectivity index (χ2v) is 7.92. The maximum Gasteiger partial charge on any atom is 0.173 e. The Kier molecular flexibility index (Phi) is 6.03. The molecule has 0 N–H and O–H groups in total. The van der Waals surface area contributed by atoms with Crippen LogP contribution in [-0.4, -0.2) is 58.4 Å². The van der Waals surface area contributed by atoms with Gasteiger partial charge in [0.25, 0.3) is 0 Å². The van der Waals surface area contributed by atoms with E-state index in [4.69, 9.17) is 9.15 Å². The molecule has 0 unspecified atom stereocenters. The molecule has 0 bridgehead atoms. The van der Waals surface area contributed by atoms with E-state index in [9.17, 15) is 4.39 Å². The monoisotopic (exact) mass is 448 g/mol. The van der Waals surface area contributed by atoms with Crippen LogP contribution in [0.5, 0.6) is 5.75 Å². The second kappa shape index (κ2) is 9.41. The third kappa shape index (κ3) is 4.45. The number of benzene rings is 2. The summed E-state index contributed by atoms with van der Waals surface area (Å²) in [5, 5.41) is 12.6. The lowest BCUT2D eigenvalue weighted by Gasteiger charge is -2.40. The molecule has 33 heavy (non-hydrogen) atoms. The van der Waals surface area contributed by atoms with Gasteiger partial charge in [0.1, 0.15) is 29.9 Å². The molecule has 0 spiro atoms. The topological polar surface area (TPSA) is 72.4 Å². The smallest absolute Gasteiger partial charge is 0.173 e. The number of aromatic nitrogens is 4. The van der Waals surface area contributed by atoms with E-state index in [1.54, 1.807) is 18.1 Å². The fraction of sp³-hybridized carbons (Fsp3) is 0.292. The van der Waals surface area contributed by atoms with Gasteiger partial charge < -0.3 is 14.1 Å². The third-order valence-electron chi connectivity index (χ3n) is 5.99. The Bertz CT molecular complexity index is 1170. The maximum atomic E-state index is 13.3. The Balaban J connectivity index is 1.45. The Morgan fingerprint density at radius 1 is 1.00 bits per heavy atom. The number of hydrogen-bond donors (Lipinski definition) is 0. The summed E-state index contributed by atoms with van der Waals surface area (Å²) in [4.78, 5) is 4.63. The van der Waals surface area contributed by atoms with Gasteiger partial charge >= 0.3 is 0 Å². The van der Waals surface area contributed by atoms with Crippen molar-refractivity contribution in [1.82, 2.24) is 25.1 Å². The van der Waals surface area contributed by atoms with E-state index in [1.807, 2.05) is 42.5 Å².